The topological polar surface area (TPSA) is 80.5 Å². The maximum Gasteiger partial charge on any atom is 0.552 e. The van der Waals surface area contributed by atoms with Crippen LogP contribution >= 0.6 is 0 Å². The molecule has 0 atom stereocenters. The molecule has 0 unspecified atom stereocenters. The second-order valence-corrected chi connectivity index (χ2v) is 4.53. The predicted octanol–water partition coefficient (Wildman–Crippen LogP) is 1.39. The minimum Gasteiger partial charge on any atom is -0.234 e. The Bertz CT molecular complexity index is 514. The van der Waals surface area contributed by atoms with E-state index in [2.05, 4.69) is 0 Å². The molecule has 0 N–H and O–H groups in total. The van der Waals surface area contributed by atoms with Crippen LogP contribution in [0.1, 0.15) is 0 Å². The first-order valence-corrected chi connectivity index (χ1v) is 5.43. The summed E-state index contributed by atoms with van der Waals surface area (Å²) in [5.74, 6) is 0. The zero-order chi connectivity index (χ0) is 13.3. The maximum absolute atomic E-state index is 12.3. The fraction of sp³-hybridized carbons (Fsp3) is 0.143. The molecule has 0 aliphatic heterocycles. The first kappa shape index (κ1) is 13.2. The lowest BCUT2D eigenvalue weighted by Crippen LogP contribution is -2.46. The van der Waals surface area contributed by atoms with Crippen LogP contribution < -0.4 is 0 Å². The van der Waals surface area contributed by atoms with E-state index in [1.165, 1.54) is 6.07 Å². The second kappa shape index (κ2) is 4.20. The van der Waals surface area contributed by atoms with Gasteiger partial charge < -0.3 is 0 Å². The minimum absolute atomic E-state index is 0.811. The highest BCUT2D eigenvalue weighted by Gasteiger charge is 2.55. The summed E-state index contributed by atoms with van der Waals surface area (Å²) in [7, 11) is -5.25. The van der Waals surface area contributed by atoms with Crippen LogP contribution in [0.25, 0.3) is 0 Å². The van der Waals surface area contributed by atoms with Gasteiger partial charge in [0.25, 0.3) is 0 Å². The number of hydrazine groups is 1. The SMILES string of the molecule is O=[N+]([O-])N(C(F)(F)F)S(=O)(=O)c1ccccc1. The van der Waals surface area contributed by atoms with Gasteiger partial charge in [0.05, 0.1) is 9.31 Å². The van der Waals surface area contributed by atoms with Crippen LogP contribution in [-0.2, 0) is 10.0 Å². The summed E-state index contributed by atoms with van der Waals surface area (Å²) in [6.45, 7) is 0. The number of hydrogen-bond acceptors (Lipinski definition) is 4. The molecule has 0 amide bonds. The van der Waals surface area contributed by atoms with Gasteiger partial charge in [0, 0.05) is 0 Å². The van der Waals surface area contributed by atoms with Gasteiger partial charge in [-0.25, -0.2) is 10.1 Å². The van der Waals surface area contributed by atoms with Gasteiger partial charge in [-0.2, -0.15) is 8.42 Å². The monoisotopic (exact) mass is 270 g/mol. The predicted molar refractivity (Wildman–Crippen MR) is 48.5 cm³/mol. The van der Waals surface area contributed by atoms with E-state index in [4.69, 9.17) is 0 Å². The fourth-order valence-corrected chi connectivity index (χ4v) is 2.16. The van der Waals surface area contributed by atoms with Crippen LogP contribution in [0.3, 0.4) is 0 Å². The van der Waals surface area contributed by atoms with Crippen molar-refractivity contribution in [3.8, 4) is 0 Å². The van der Waals surface area contributed by atoms with Crippen LogP contribution in [0.5, 0.6) is 0 Å². The lowest BCUT2D eigenvalue weighted by atomic mass is 10.4. The third-order valence-corrected chi connectivity index (χ3v) is 3.30. The van der Waals surface area contributed by atoms with Crippen molar-refractivity contribution in [2.45, 2.75) is 11.2 Å². The first-order chi connectivity index (χ1) is 7.67. The molecule has 0 spiro atoms. The Morgan fingerprint density at radius 3 is 2.00 bits per heavy atom. The van der Waals surface area contributed by atoms with Crippen molar-refractivity contribution < 1.29 is 26.6 Å². The van der Waals surface area contributed by atoms with Crippen LogP contribution in [0, 0.1) is 10.1 Å². The molecule has 0 radical (unpaired) electrons. The quantitative estimate of drug-likeness (QED) is 0.472. The Kier molecular flexibility index (Phi) is 3.27. The molecule has 6 nitrogen and oxygen atoms in total. The second-order valence-electron chi connectivity index (χ2n) is 2.77. The van der Waals surface area contributed by atoms with Gasteiger partial charge in [0.2, 0.25) is 0 Å². The number of hydrogen-bond donors (Lipinski definition) is 0. The summed E-state index contributed by atoms with van der Waals surface area (Å²) in [6.07, 6.45) is -5.63. The van der Waals surface area contributed by atoms with Crippen LogP contribution in [0.15, 0.2) is 35.2 Å². The molecule has 1 aromatic rings. The smallest absolute Gasteiger partial charge is 0.234 e. The molecule has 0 aliphatic rings. The molecule has 0 saturated carbocycles. The van der Waals surface area contributed by atoms with E-state index >= 15 is 0 Å². The molecule has 10 heteroatoms. The van der Waals surface area contributed by atoms with Gasteiger partial charge in [0.15, 0.2) is 5.03 Å². The number of alkyl halides is 3. The maximum atomic E-state index is 12.3. The summed E-state index contributed by atoms with van der Waals surface area (Å²) in [4.78, 5) is 9.39. The van der Waals surface area contributed by atoms with E-state index in [-0.39, 0.29) is 0 Å². The Hall–Kier alpha value is -1.84. The number of rotatable bonds is 3. The van der Waals surface area contributed by atoms with Gasteiger partial charge in [-0.1, -0.05) is 18.2 Å². The van der Waals surface area contributed by atoms with E-state index in [0.29, 0.717) is 0 Å². The van der Waals surface area contributed by atoms with Gasteiger partial charge >= 0.3 is 16.3 Å². The molecule has 0 aromatic heterocycles. The number of halogens is 3. The molecule has 17 heavy (non-hydrogen) atoms. The average Bonchev–Trinajstić information content (AvgIpc) is 2.15. The molecule has 0 aliphatic carbocycles. The van der Waals surface area contributed by atoms with E-state index in [1.54, 1.807) is 0 Å². The van der Waals surface area contributed by atoms with Gasteiger partial charge in [-0.05, 0) is 12.1 Å². The van der Waals surface area contributed by atoms with Crippen molar-refractivity contribution in [3.05, 3.63) is 40.4 Å². The van der Waals surface area contributed by atoms with Crippen molar-refractivity contribution in [3.63, 3.8) is 0 Å². The average molecular weight is 270 g/mol. The van der Waals surface area contributed by atoms with Gasteiger partial charge in [0.1, 0.15) is 0 Å². The molecular weight excluding hydrogens is 265 g/mol. The highest BCUT2D eigenvalue weighted by atomic mass is 32.2. The minimum atomic E-state index is -5.63. The first-order valence-electron chi connectivity index (χ1n) is 3.99. The summed E-state index contributed by atoms with van der Waals surface area (Å²) >= 11 is 0. The molecular formula is C7H5F3N2O4S. The van der Waals surface area contributed by atoms with E-state index in [9.17, 15) is 31.7 Å². The van der Waals surface area contributed by atoms with Crippen molar-refractivity contribution in [2.24, 2.45) is 0 Å². The largest absolute Gasteiger partial charge is 0.552 e. The van der Waals surface area contributed by atoms with E-state index in [1.807, 2.05) is 0 Å². The summed E-state index contributed by atoms with van der Waals surface area (Å²) < 4.78 is 57.8. The molecule has 0 fully saturated rings. The zero-order valence-electron chi connectivity index (χ0n) is 7.96. The number of benzene rings is 1. The molecule has 0 heterocycles. The fourth-order valence-electron chi connectivity index (χ4n) is 1.01. The van der Waals surface area contributed by atoms with Gasteiger partial charge in [-0.15, -0.1) is 13.2 Å². The molecule has 0 saturated heterocycles. The summed E-state index contributed by atoms with van der Waals surface area (Å²) in [5, 5.41) is 8.17. The molecule has 0 bridgehead atoms. The summed E-state index contributed by atoms with van der Waals surface area (Å²) in [6, 6.07) is 5.33. The van der Waals surface area contributed by atoms with Crippen LogP contribution in [0.4, 0.5) is 13.2 Å². The van der Waals surface area contributed by atoms with Crippen molar-refractivity contribution in [2.75, 3.05) is 0 Å². The summed E-state index contributed by atoms with van der Waals surface area (Å²) in [5.41, 5.74) is 0. The molecule has 1 aromatic carbocycles. The van der Waals surface area contributed by atoms with E-state index < -0.39 is 30.7 Å². The number of sulfonamides is 1. The number of nitro groups is 1. The zero-order valence-corrected chi connectivity index (χ0v) is 8.77. The highest BCUT2D eigenvalue weighted by Crippen LogP contribution is 2.28. The molecule has 94 valence electrons. The van der Waals surface area contributed by atoms with E-state index in [0.717, 1.165) is 24.3 Å². The normalized spacial score (nSPS) is 12.2. The van der Waals surface area contributed by atoms with Gasteiger partial charge in [-0.3, -0.25) is 0 Å². The van der Waals surface area contributed by atoms with Crippen LogP contribution in [-0.4, -0.2) is 24.2 Å². The third-order valence-electron chi connectivity index (χ3n) is 1.63. The Morgan fingerprint density at radius 1 is 1.18 bits per heavy atom. The Balaban J connectivity index is 3.35. The lowest BCUT2D eigenvalue weighted by Gasteiger charge is -2.15. The lowest BCUT2D eigenvalue weighted by molar-refractivity contribution is -0.671. The Labute approximate surface area is 93.4 Å². The standard InChI is InChI=1S/C7H5F3N2O4S/c8-7(9,10)11(12(13)14)17(15,16)6-4-2-1-3-5-6/h1-5H. The van der Waals surface area contributed by atoms with Crippen molar-refractivity contribution >= 4 is 10.0 Å². The third kappa shape index (κ3) is 2.64. The Morgan fingerprint density at radius 2 is 1.65 bits per heavy atom. The number of nitrogens with zero attached hydrogens (tertiary/aromatic N) is 2. The van der Waals surface area contributed by atoms with Crippen molar-refractivity contribution in [1.82, 2.24) is 4.41 Å². The highest BCUT2D eigenvalue weighted by molar-refractivity contribution is 7.89. The van der Waals surface area contributed by atoms with Crippen molar-refractivity contribution in [1.29, 1.82) is 0 Å². The molecule has 1 rings (SSSR count). The van der Waals surface area contributed by atoms with Crippen LogP contribution in [0.2, 0.25) is 0 Å².